The molecule has 0 amide bonds. The summed E-state index contributed by atoms with van der Waals surface area (Å²) in [6.45, 7) is 0. The molecular formula is C16H13ClFN3O. The number of aromatic nitrogens is 3. The van der Waals surface area contributed by atoms with E-state index in [4.69, 9.17) is 11.6 Å². The first-order chi connectivity index (χ1) is 10.7. The number of fused-ring (bicyclic) bond motifs is 1. The third kappa shape index (κ3) is 1.89. The molecule has 22 heavy (non-hydrogen) atoms. The Morgan fingerprint density at radius 2 is 2.14 bits per heavy atom. The molecule has 1 N–H and O–H groups in total. The third-order valence-electron chi connectivity index (χ3n) is 4.24. The Balaban J connectivity index is 2.03. The lowest BCUT2D eigenvalue weighted by Gasteiger charge is -2.23. The molecule has 2 aromatic heterocycles. The number of hydrogen-bond acceptors (Lipinski definition) is 3. The summed E-state index contributed by atoms with van der Waals surface area (Å²) in [5, 5.41) is 9.89. The van der Waals surface area contributed by atoms with Gasteiger partial charge in [-0.15, -0.1) is 0 Å². The molecule has 1 saturated carbocycles. The molecule has 4 rings (SSSR count). The summed E-state index contributed by atoms with van der Waals surface area (Å²) in [5.41, 5.74) is 1.24. The fourth-order valence-corrected chi connectivity index (χ4v) is 3.11. The van der Waals surface area contributed by atoms with Crippen LogP contribution in [-0.2, 0) is 0 Å². The molecule has 1 aromatic carbocycles. The molecule has 1 fully saturated rings. The number of hydrogen-bond donors (Lipinski definition) is 1. The van der Waals surface area contributed by atoms with E-state index in [1.54, 1.807) is 24.5 Å². The molecule has 0 spiro atoms. The Labute approximate surface area is 131 Å². The van der Waals surface area contributed by atoms with E-state index in [1.807, 2.05) is 4.40 Å². The molecule has 0 bridgehead atoms. The van der Waals surface area contributed by atoms with Crippen molar-refractivity contribution in [3.05, 3.63) is 47.4 Å². The summed E-state index contributed by atoms with van der Waals surface area (Å²) in [4.78, 5) is 8.71. The summed E-state index contributed by atoms with van der Waals surface area (Å²) in [6, 6.07) is 4.49. The second-order valence-electron chi connectivity index (χ2n) is 5.52. The lowest BCUT2D eigenvalue weighted by Crippen LogP contribution is -2.12. The van der Waals surface area contributed by atoms with Crippen LogP contribution in [0.5, 0.6) is 5.75 Å². The predicted octanol–water partition coefficient (Wildman–Crippen LogP) is 4.16. The summed E-state index contributed by atoms with van der Waals surface area (Å²) in [6.07, 6.45) is 6.73. The smallest absolute Gasteiger partial charge is 0.174 e. The van der Waals surface area contributed by atoms with Gasteiger partial charge in [-0.1, -0.05) is 24.1 Å². The van der Waals surface area contributed by atoms with Gasteiger partial charge in [0.1, 0.15) is 17.0 Å². The summed E-state index contributed by atoms with van der Waals surface area (Å²) < 4.78 is 16.2. The summed E-state index contributed by atoms with van der Waals surface area (Å²) in [5.74, 6) is 0.148. The highest BCUT2D eigenvalue weighted by Gasteiger charge is 2.27. The predicted molar refractivity (Wildman–Crippen MR) is 81.6 cm³/mol. The van der Waals surface area contributed by atoms with Crippen LogP contribution in [0.2, 0.25) is 5.15 Å². The van der Waals surface area contributed by atoms with Crippen LogP contribution in [0.3, 0.4) is 0 Å². The van der Waals surface area contributed by atoms with Crippen molar-refractivity contribution >= 4 is 17.1 Å². The monoisotopic (exact) mass is 317 g/mol. The number of rotatable bonds is 2. The fourth-order valence-electron chi connectivity index (χ4n) is 2.87. The van der Waals surface area contributed by atoms with Gasteiger partial charge in [-0.05, 0) is 25.0 Å². The minimum Gasteiger partial charge on any atom is -0.505 e. The lowest BCUT2D eigenvalue weighted by atomic mass is 9.85. The maximum atomic E-state index is 14.3. The Kier molecular flexibility index (Phi) is 3.04. The van der Waals surface area contributed by atoms with Crippen molar-refractivity contribution in [1.29, 1.82) is 0 Å². The number of imidazole rings is 1. The van der Waals surface area contributed by atoms with E-state index in [-0.39, 0.29) is 10.7 Å². The first-order valence-electron chi connectivity index (χ1n) is 7.17. The van der Waals surface area contributed by atoms with E-state index in [0.29, 0.717) is 17.1 Å². The average Bonchev–Trinajstić information content (AvgIpc) is 2.81. The zero-order valence-corrected chi connectivity index (χ0v) is 12.4. The molecule has 0 unspecified atom stereocenters. The SMILES string of the molecule is Oc1cccc(-c2nc(C3CCC3)n3ccnc(Cl)c23)c1F. The van der Waals surface area contributed by atoms with Gasteiger partial charge >= 0.3 is 0 Å². The van der Waals surface area contributed by atoms with Crippen LogP contribution < -0.4 is 0 Å². The molecule has 3 aromatic rings. The largest absolute Gasteiger partial charge is 0.505 e. The standard InChI is InChI=1S/C16H13ClFN3O/c17-15-14-13(10-5-2-6-11(22)12(10)18)20-16(9-3-1-4-9)21(14)8-7-19-15/h2,5-9,22H,1,3-4H2. The maximum Gasteiger partial charge on any atom is 0.174 e. The molecule has 1 aliphatic carbocycles. The van der Waals surface area contributed by atoms with Gasteiger partial charge in [-0.3, -0.25) is 4.40 Å². The molecule has 2 heterocycles. The van der Waals surface area contributed by atoms with Crippen molar-refractivity contribution in [3.63, 3.8) is 0 Å². The topological polar surface area (TPSA) is 50.4 Å². The molecular weight excluding hydrogens is 305 g/mol. The van der Waals surface area contributed by atoms with Crippen LogP contribution in [-0.4, -0.2) is 19.5 Å². The highest BCUT2D eigenvalue weighted by molar-refractivity contribution is 6.33. The Morgan fingerprint density at radius 3 is 2.86 bits per heavy atom. The van der Waals surface area contributed by atoms with Crippen LogP contribution >= 0.6 is 11.6 Å². The number of halogens is 2. The number of phenols is 1. The van der Waals surface area contributed by atoms with Crippen molar-refractivity contribution in [2.75, 3.05) is 0 Å². The lowest BCUT2D eigenvalue weighted by molar-refractivity contribution is 0.400. The van der Waals surface area contributed by atoms with Crippen LogP contribution in [0.1, 0.15) is 31.0 Å². The minimum absolute atomic E-state index is 0.234. The van der Waals surface area contributed by atoms with E-state index in [1.165, 1.54) is 12.5 Å². The highest BCUT2D eigenvalue weighted by atomic mass is 35.5. The molecule has 6 heteroatoms. The first kappa shape index (κ1) is 13.5. The number of benzene rings is 1. The van der Waals surface area contributed by atoms with Gasteiger partial charge in [-0.25, -0.2) is 14.4 Å². The van der Waals surface area contributed by atoms with Gasteiger partial charge in [0.25, 0.3) is 0 Å². The van der Waals surface area contributed by atoms with E-state index in [9.17, 15) is 9.50 Å². The fraction of sp³-hybridized carbons (Fsp3) is 0.250. The van der Waals surface area contributed by atoms with Gasteiger partial charge in [-0.2, -0.15) is 0 Å². The van der Waals surface area contributed by atoms with Gasteiger partial charge in [0.15, 0.2) is 16.7 Å². The van der Waals surface area contributed by atoms with Gasteiger partial charge in [0, 0.05) is 23.9 Å². The molecule has 0 aliphatic heterocycles. The highest BCUT2D eigenvalue weighted by Crippen LogP contribution is 2.40. The number of aromatic hydroxyl groups is 1. The number of nitrogens with zero attached hydrogens (tertiary/aromatic N) is 3. The van der Waals surface area contributed by atoms with E-state index in [0.717, 1.165) is 18.7 Å². The Hall–Kier alpha value is -2.14. The molecule has 0 atom stereocenters. The van der Waals surface area contributed by atoms with Crippen LogP contribution in [0.4, 0.5) is 4.39 Å². The third-order valence-corrected chi connectivity index (χ3v) is 4.52. The molecule has 1 aliphatic rings. The van der Waals surface area contributed by atoms with Crippen molar-refractivity contribution in [2.24, 2.45) is 0 Å². The van der Waals surface area contributed by atoms with Gasteiger partial charge in [0.2, 0.25) is 0 Å². The first-order valence-corrected chi connectivity index (χ1v) is 7.55. The average molecular weight is 318 g/mol. The molecule has 112 valence electrons. The Morgan fingerprint density at radius 1 is 1.32 bits per heavy atom. The summed E-state index contributed by atoms with van der Waals surface area (Å²) in [7, 11) is 0. The second kappa shape index (κ2) is 4.95. The minimum atomic E-state index is -0.692. The Bertz CT molecular complexity index is 873. The zero-order chi connectivity index (χ0) is 15.3. The summed E-state index contributed by atoms with van der Waals surface area (Å²) >= 11 is 6.23. The van der Waals surface area contributed by atoms with E-state index >= 15 is 0 Å². The molecule has 0 radical (unpaired) electrons. The van der Waals surface area contributed by atoms with Crippen LogP contribution in [0, 0.1) is 5.82 Å². The van der Waals surface area contributed by atoms with Gasteiger partial charge < -0.3 is 5.11 Å². The van der Waals surface area contributed by atoms with Gasteiger partial charge in [0.05, 0.1) is 0 Å². The zero-order valence-electron chi connectivity index (χ0n) is 11.6. The molecule has 0 saturated heterocycles. The quantitative estimate of drug-likeness (QED) is 0.772. The molecule has 4 nitrogen and oxygen atoms in total. The van der Waals surface area contributed by atoms with Crippen molar-refractivity contribution in [3.8, 4) is 17.0 Å². The van der Waals surface area contributed by atoms with E-state index < -0.39 is 11.6 Å². The van der Waals surface area contributed by atoms with Crippen molar-refractivity contribution < 1.29 is 9.50 Å². The number of phenolic OH excluding ortho intramolecular Hbond substituents is 1. The van der Waals surface area contributed by atoms with Crippen LogP contribution in [0.15, 0.2) is 30.6 Å². The normalized spacial score (nSPS) is 15.2. The second-order valence-corrected chi connectivity index (χ2v) is 5.88. The van der Waals surface area contributed by atoms with Crippen LogP contribution in [0.25, 0.3) is 16.8 Å². The van der Waals surface area contributed by atoms with Crippen molar-refractivity contribution in [1.82, 2.24) is 14.4 Å². The van der Waals surface area contributed by atoms with Crippen molar-refractivity contribution in [2.45, 2.75) is 25.2 Å². The van der Waals surface area contributed by atoms with E-state index in [2.05, 4.69) is 9.97 Å². The maximum absolute atomic E-state index is 14.3.